The zero-order valence-electron chi connectivity index (χ0n) is 20.6. The van der Waals surface area contributed by atoms with Gasteiger partial charge in [0.05, 0.1) is 37.4 Å². The second kappa shape index (κ2) is 12.2. The van der Waals surface area contributed by atoms with Crippen LogP contribution >= 0.6 is 39.1 Å². The Bertz CT molecular complexity index is 1260. The molecule has 1 heterocycles. The van der Waals surface area contributed by atoms with Gasteiger partial charge >= 0.3 is 6.03 Å². The molecule has 1 atom stereocenters. The summed E-state index contributed by atoms with van der Waals surface area (Å²) >= 11 is 15.6. The Morgan fingerprint density at radius 1 is 0.973 bits per heavy atom. The predicted molar refractivity (Wildman–Crippen MR) is 148 cm³/mol. The number of carbonyl (C=O) groups excluding carboxylic acids is 1. The molecule has 1 aliphatic rings. The van der Waals surface area contributed by atoms with Gasteiger partial charge < -0.3 is 29.2 Å². The number of hydrogen-bond donors (Lipinski definition) is 1. The number of nitrogens with zero attached hydrogens (tertiary/aromatic N) is 1. The van der Waals surface area contributed by atoms with Crippen molar-refractivity contribution in [1.29, 1.82) is 0 Å². The molecule has 3 aromatic rings. The highest BCUT2D eigenvalue weighted by Gasteiger charge is 2.31. The van der Waals surface area contributed by atoms with E-state index in [0.717, 1.165) is 28.4 Å². The van der Waals surface area contributed by atoms with E-state index in [-0.39, 0.29) is 18.6 Å². The van der Waals surface area contributed by atoms with Crippen molar-refractivity contribution in [3.05, 3.63) is 74.2 Å². The maximum absolute atomic E-state index is 13.3. The lowest BCUT2D eigenvalue weighted by atomic mass is 10.0. The van der Waals surface area contributed by atoms with Crippen LogP contribution in [-0.4, -0.2) is 38.8 Å². The molecule has 2 amide bonds. The van der Waals surface area contributed by atoms with Crippen molar-refractivity contribution in [2.24, 2.45) is 0 Å². The van der Waals surface area contributed by atoms with Crippen molar-refractivity contribution in [2.75, 3.05) is 27.9 Å². The molecule has 10 heteroatoms. The monoisotopic (exact) mass is 608 g/mol. The van der Waals surface area contributed by atoms with Gasteiger partial charge in [0.15, 0.2) is 11.5 Å². The molecule has 1 saturated heterocycles. The second-order valence-electron chi connectivity index (χ2n) is 8.40. The van der Waals surface area contributed by atoms with Crippen molar-refractivity contribution >= 4 is 45.2 Å². The maximum atomic E-state index is 13.3. The first-order valence-corrected chi connectivity index (χ1v) is 13.1. The SMILES string of the molecule is COc1cc(C2CCCN2C(=O)NCc2ccc(Br)cc2Oc2ccc(Cl)c(Cl)c2)cc(OC)c1OC. The van der Waals surface area contributed by atoms with Crippen molar-refractivity contribution < 1.29 is 23.7 Å². The van der Waals surface area contributed by atoms with E-state index in [1.165, 1.54) is 0 Å². The Morgan fingerprint density at radius 2 is 1.70 bits per heavy atom. The molecule has 196 valence electrons. The minimum absolute atomic E-state index is 0.120. The summed E-state index contributed by atoms with van der Waals surface area (Å²) in [6.07, 6.45) is 1.72. The van der Waals surface area contributed by atoms with Crippen LogP contribution in [0.1, 0.15) is 30.0 Å². The number of methoxy groups -OCH3 is 3. The van der Waals surface area contributed by atoms with E-state index in [1.807, 2.05) is 35.2 Å². The Kier molecular flexibility index (Phi) is 8.95. The molecule has 1 N–H and O–H groups in total. The van der Waals surface area contributed by atoms with Gasteiger partial charge in [0.25, 0.3) is 0 Å². The Hall–Kier alpha value is -2.81. The van der Waals surface area contributed by atoms with Crippen molar-refractivity contribution in [2.45, 2.75) is 25.4 Å². The number of halogens is 3. The van der Waals surface area contributed by atoms with E-state index < -0.39 is 0 Å². The summed E-state index contributed by atoms with van der Waals surface area (Å²) in [5.41, 5.74) is 1.74. The number of ether oxygens (including phenoxy) is 4. The molecule has 1 unspecified atom stereocenters. The summed E-state index contributed by atoms with van der Waals surface area (Å²) in [6, 6.07) is 14.2. The number of nitrogens with one attached hydrogen (secondary N) is 1. The lowest BCUT2D eigenvalue weighted by Crippen LogP contribution is -2.39. The number of carbonyl (C=O) groups is 1. The molecule has 0 spiro atoms. The number of benzene rings is 3. The zero-order valence-corrected chi connectivity index (χ0v) is 23.7. The molecular weight excluding hydrogens is 583 g/mol. The molecule has 37 heavy (non-hydrogen) atoms. The van der Waals surface area contributed by atoms with Crippen LogP contribution in [0.25, 0.3) is 0 Å². The average Bonchev–Trinajstić information content (AvgIpc) is 3.39. The smallest absolute Gasteiger partial charge is 0.318 e. The predicted octanol–water partition coefficient (Wildman–Crippen LogP) is 7.62. The van der Waals surface area contributed by atoms with Crippen LogP contribution in [-0.2, 0) is 6.54 Å². The highest BCUT2D eigenvalue weighted by atomic mass is 79.9. The van der Waals surface area contributed by atoms with Gasteiger partial charge in [0.2, 0.25) is 5.75 Å². The minimum Gasteiger partial charge on any atom is -0.493 e. The van der Waals surface area contributed by atoms with E-state index in [0.29, 0.717) is 45.3 Å². The Labute approximate surface area is 234 Å². The number of likely N-dealkylation sites (tertiary alicyclic amines) is 1. The van der Waals surface area contributed by atoms with Crippen LogP contribution in [0.5, 0.6) is 28.7 Å². The Balaban J connectivity index is 1.51. The quantitative estimate of drug-likeness (QED) is 0.284. The van der Waals surface area contributed by atoms with Gasteiger partial charge in [-0.15, -0.1) is 0 Å². The maximum Gasteiger partial charge on any atom is 0.318 e. The van der Waals surface area contributed by atoms with Crippen LogP contribution in [0, 0.1) is 0 Å². The lowest BCUT2D eigenvalue weighted by molar-refractivity contribution is 0.192. The molecule has 0 saturated carbocycles. The van der Waals surface area contributed by atoms with Crippen LogP contribution in [0.3, 0.4) is 0 Å². The number of hydrogen-bond acceptors (Lipinski definition) is 5. The van der Waals surface area contributed by atoms with E-state index in [4.69, 9.17) is 42.1 Å². The lowest BCUT2D eigenvalue weighted by Gasteiger charge is -2.26. The van der Waals surface area contributed by atoms with Crippen LogP contribution in [0.2, 0.25) is 10.0 Å². The fourth-order valence-corrected chi connectivity index (χ4v) is 4.99. The number of rotatable bonds is 8. The summed E-state index contributed by atoms with van der Waals surface area (Å²) in [5, 5.41) is 3.89. The van der Waals surface area contributed by atoms with Gasteiger partial charge in [-0.3, -0.25) is 0 Å². The highest BCUT2D eigenvalue weighted by Crippen LogP contribution is 2.43. The van der Waals surface area contributed by atoms with Crippen molar-refractivity contribution in [1.82, 2.24) is 10.2 Å². The zero-order chi connectivity index (χ0) is 26.5. The largest absolute Gasteiger partial charge is 0.493 e. The summed E-state index contributed by atoms with van der Waals surface area (Å²) in [5.74, 6) is 2.77. The number of urea groups is 1. The fraction of sp³-hybridized carbons (Fsp3) is 0.296. The van der Waals surface area contributed by atoms with E-state index in [2.05, 4.69) is 21.2 Å². The van der Waals surface area contributed by atoms with Crippen molar-refractivity contribution in [3.63, 3.8) is 0 Å². The van der Waals surface area contributed by atoms with Gasteiger partial charge in [0.1, 0.15) is 11.5 Å². The molecule has 0 radical (unpaired) electrons. The molecule has 0 bridgehead atoms. The number of amides is 2. The summed E-state index contributed by atoms with van der Waals surface area (Å²) in [4.78, 5) is 15.1. The topological polar surface area (TPSA) is 69.3 Å². The summed E-state index contributed by atoms with van der Waals surface area (Å²) < 4.78 is 23.4. The molecule has 7 nitrogen and oxygen atoms in total. The Morgan fingerprint density at radius 3 is 2.35 bits per heavy atom. The van der Waals surface area contributed by atoms with Gasteiger partial charge in [-0.05, 0) is 54.8 Å². The molecule has 0 aliphatic carbocycles. The second-order valence-corrected chi connectivity index (χ2v) is 10.1. The fourth-order valence-electron chi connectivity index (χ4n) is 4.36. The minimum atomic E-state index is -0.167. The standard InChI is InChI=1S/C27H27BrCl2N2O5/c1-34-24-11-17(12-25(35-2)26(24)36-3)22-5-4-10-32(22)27(33)31-15-16-6-7-18(28)13-23(16)37-19-8-9-20(29)21(30)14-19/h6-9,11-14,22H,4-5,10,15H2,1-3H3,(H,31,33). The van der Waals surface area contributed by atoms with Gasteiger partial charge in [0, 0.05) is 29.2 Å². The van der Waals surface area contributed by atoms with Gasteiger partial charge in [-0.1, -0.05) is 45.2 Å². The van der Waals surface area contributed by atoms with Crippen LogP contribution < -0.4 is 24.3 Å². The van der Waals surface area contributed by atoms with E-state index in [1.54, 1.807) is 39.5 Å². The molecule has 3 aromatic carbocycles. The van der Waals surface area contributed by atoms with Crippen molar-refractivity contribution in [3.8, 4) is 28.7 Å². The van der Waals surface area contributed by atoms with Crippen LogP contribution in [0.15, 0.2) is 53.0 Å². The van der Waals surface area contributed by atoms with Crippen LogP contribution in [0.4, 0.5) is 4.79 Å². The third kappa shape index (κ3) is 6.20. The molecule has 0 aromatic heterocycles. The molecule has 1 fully saturated rings. The molecular formula is C27H27BrCl2N2O5. The summed E-state index contributed by atoms with van der Waals surface area (Å²) in [6.45, 7) is 0.918. The van der Waals surface area contributed by atoms with E-state index >= 15 is 0 Å². The average molecular weight is 610 g/mol. The normalized spacial score (nSPS) is 14.9. The van der Waals surface area contributed by atoms with Gasteiger partial charge in [-0.25, -0.2) is 4.79 Å². The van der Waals surface area contributed by atoms with Gasteiger partial charge in [-0.2, -0.15) is 0 Å². The highest BCUT2D eigenvalue weighted by molar-refractivity contribution is 9.10. The molecule has 1 aliphatic heterocycles. The first-order chi connectivity index (χ1) is 17.8. The first-order valence-electron chi connectivity index (χ1n) is 11.6. The third-order valence-corrected chi connectivity index (χ3v) is 7.40. The summed E-state index contributed by atoms with van der Waals surface area (Å²) in [7, 11) is 4.73. The first kappa shape index (κ1) is 27.2. The third-order valence-electron chi connectivity index (χ3n) is 6.16. The molecule has 4 rings (SSSR count). The van der Waals surface area contributed by atoms with E-state index in [9.17, 15) is 4.79 Å².